The van der Waals surface area contributed by atoms with Crippen molar-refractivity contribution in [3.05, 3.63) is 53.4 Å². The average Bonchev–Trinajstić information content (AvgIpc) is 3.36. The topological polar surface area (TPSA) is 77.2 Å². The van der Waals surface area contributed by atoms with E-state index in [1.807, 2.05) is 29.2 Å². The monoisotopic (exact) mass is 566 g/mol. The van der Waals surface area contributed by atoms with Crippen molar-refractivity contribution in [1.82, 2.24) is 25.2 Å². The molecule has 0 bridgehead atoms. The Balaban J connectivity index is 0.00000306. The highest BCUT2D eigenvalue weighted by Gasteiger charge is 2.21. The number of rotatable bonds is 6. The molecule has 2 aromatic rings. The van der Waals surface area contributed by atoms with Crippen LogP contribution >= 0.6 is 24.0 Å². The molecule has 2 saturated heterocycles. The Morgan fingerprint density at radius 1 is 1.06 bits per heavy atom. The highest BCUT2D eigenvalue weighted by molar-refractivity contribution is 14.0. The van der Waals surface area contributed by atoms with E-state index in [1.165, 1.54) is 6.42 Å². The van der Waals surface area contributed by atoms with E-state index in [-0.39, 0.29) is 29.9 Å². The van der Waals surface area contributed by atoms with E-state index in [2.05, 4.69) is 33.3 Å². The maximum atomic E-state index is 12.8. The Morgan fingerprint density at radius 2 is 1.85 bits per heavy atom. The minimum absolute atomic E-state index is 0. The quantitative estimate of drug-likeness (QED) is 0.329. The number of likely N-dealkylation sites (tertiary alicyclic amines) is 1. The highest BCUT2D eigenvalue weighted by Crippen LogP contribution is 2.15. The second kappa shape index (κ2) is 12.9. The molecule has 0 atom stereocenters. The lowest BCUT2D eigenvalue weighted by atomic mass is 10.1. The van der Waals surface area contributed by atoms with Crippen LogP contribution in [0.3, 0.4) is 0 Å². The summed E-state index contributed by atoms with van der Waals surface area (Å²) in [6.45, 7) is 9.77. The Bertz CT molecular complexity index is 890. The molecule has 0 unspecified atom stereocenters. The first-order chi connectivity index (χ1) is 15.7. The molecule has 3 heterocycles. The molecule has 33 heavy (non-hydrogen) atoms. The number of aromatic nitrogens is 1. The van der Waals surface area contributed by atoms with Gasteiger partial charge in [0, 0.05) is 64.0 Å². The van der Waals surface area contributed by atoms with Gasteiger partial charge in [-0.05, 0) is 43.9 Å². The van der Waals surface area contributed by atoms with Crippen LogP contribution in [0.2, 0.25) is 0 Å². The number of piperidine rings is 1. The molecule has 1 aromatic heterocycles. The van der Waals surface area contributed by atoms with Crippen molar-refractivity contribution in [1.29, 1.82) is 0 Å². The van der Waals surface area contributed by atoms with Crippen LogP contribution in [0.25, 0.3) is 0 Å². The van der Waals surface area contributed by atoms with Gasteiger partial charge < -0.3 is 19.6 Å². The predicted octanol–water partition coefficient (Wildman–Crippen LogP) is 3.20. The number of carbonyl (C=O) groups is 1. The first-order valence-corrected chi connectivity index (χ1v) is 11.8. The third kappa shape index (κ3) is 7.17. The van der Waals surface area contributed by atoms with Crippen molar-refractivity contribution in [2.24, 2.45) is 4.99 Å². The van der Waals surface area contributed by atoms with E-state index >= 15 is 0 Å². The molecule has 0 radical (unpaired) electrons. The third-order valence-electron chi connectivity index (χ3n) is 6.11. The minimum Gasteiger partial charge on any atom is -0.364 e. The zero-order valence-electron chi connectivity index (χ0n) is 19.4. The van der Waals surface area contributed by atoms with Gasteiger partial charge in [0.25, 0.3) is 5.91 Å². The van der Waals surface area contributed by atoms with Gasteiger partial charge in [0.15, 0.2) is 5.96 Å². The SMILES string of the molecule is CCNC(=NCc1cccc(C(=O)N2CCCCC2)c1)N1CCN(Cc2ccon2)CC1.I. The van der Waals surface area contributed by atoms with Gasteiger partial charge >= 0.3 is 0 Å². The van der Waals surface area contributed by atoms with Crippen molar-refractivity contribution in [2.45, 2.75) is 39.3 Å². The molecular formula is C24H35IN6O2. The van der Waals surface area contributed by atoms with Crippen LogP contribution < -0.4 is 5.32 Å². The summed E-state index contributed by atoms with van der Waals surface area (Å²) in [7, 11) is 0. The summed E-state index contributed by atoms with van der Waals surface area (Å²) in [5, 5.41) is 7.44. The summed E-state index contributed by atoms with van der Waals surface area (Å²) < 4.78 is 4.94. The van der Waals surface area contributed by atoms with Gasteiger partial charge in [-0.3, -0.25) is 9.69 Å². The van der Waals surface area contributed by atoms with Crippen LogP contribution in [0.1, 0.15) is 47.8 Å². The number of nitrogens with zero attached hydrogens (tertiary/aromatic N) is 5. The summed E-state index contributed by atoms with van der Waals surface area (Å²) in [6.07, 6.45) is 5.05. The molecule has 1 N–H and O–H groups in total. The van der Waals surface area contributed by atoms with Crippen molar-refractivity contribution < 1.29 is 9.32 Å². The first kappa shape index (κ1) is 25.5. The van der Waals surface area contributed by atoms with Gasteiger partial charge in [-0.15, -0.1) is 24.0 Å². The Morgan fingerprint density at radius 3 is 2.55 bits per heavy atom. The molecule has 0 spiro atoms. The van der Waals surface area contributed by atoms with Gasteiger partial charge in [0.05, 0.1) is 12.2 Å². The van der Waals surface area contributed by atoms with E-state index in [9.17, 15) is 4.79 Å². The van der Waals surface area contributed by atoms with Crippen LogP contribution in [0, 0.1) is 0 Å². The van der Waals surface area contributed by atoms with Crippen molar-refractivity contribution in [3.8, 4) is 0 Å². The van der Waals surface area contributed by atoms with E-state index in [4.69, 9.17) is 9.52 Å². The molecule has 0 aliphatic carbocycles. The molecule has 9 heteroatoms. The van der Waals surface area contributed by atoms with Gasteiger partial charge in [0.1, 0.15) is 6.26 Å². The molecule has 8 nitrogen and oxygen atoms in total. The standard InChI is InChI=1S/C24H34N6O2.HI/c1-2-25-24(30-14-12-28(13-15-30)19-22-9-16-32-27-22)26-18-20-7-6-8-21(17-20)23(31)29-10-4-3-5-11-29;/h6-9,16-17H,2-5,10-15,18-19H2,1H3,(H,25,26);1H. The number of hydrogen-bond donors (Lipinski definition) is 1. The number of nitrogens with one attached hydrogen (secondary N) is 1. The fourth-order valence-electron chi connectivity index (χ4n) is 4.34. The van der Waals surface area contributed by atoms with Crippen LogP contribution in [0.15, 0.2) is 46.1 Å². The van der Waals surface area contributed by atoms with E-state index in [0.717, 1.165) is 88.0 Å². The van der Waals surface area contributed by atoms with Crippen LogP contribution in [-0.4, -0.2) is 77.5 Å². The number of guanidine groups is 1. The summed E-state index contributed by atoms with van der Waals surface area (Å²) in [4.78, 5) is 24.4. The van der Waals surface area contributed by atoms with Crippen LogP contribution in [-0.2, 0) is 13.1 Å². The van der Waals surface area contributed by atoms with E-state index < -0.39 is 0 Å². The maximum absolute atomic E-state index is 12.8. The van der Waals surface area contributed by atoms with Gasteiger partial charge in [-0.1, -0.05) is 17.3 Å². The van der Waals surface area contributed by atoms with E-state index in [0.29, 0.717) is 6.54 Å². The smallest absolute Gasteiger partial charge is 0.253 e. The fraction of sp³-hybridized carbons (Fsp3) is 0.542. The zero-order valence-corrected chi connectivity index (χ0v) is 21.7. The molecule has 0 saturated carbocycles. The third-order valence-corrected chi connectivity index (χ3v) is 6.11. The number of halogens is 1. The first-order valence-electron chi connectivity index (χ1n) is 11.8. The largest absolute Gasteiger partial charge is 0.364 e. The summed E-state index contributed by atoms with van der Waals surface area (Å²) in [5.41, 5.74) is 2.80. The lowest BCUT2D eigenvalue weighted by Crippen LogP contribution is -2.52. The number of hydrogen-bond acceptors (Lipinski definition) is 5. The van der Waals surface area contributed by atoms with Crippen molar-refractivity contribution >= 4 is 35.8 Å². The molecule has 2 fully saturated rings. The normalized spacial score (nSPS) is 17.5. The Labute approximate surface area is 213 Å². The molecule has 4 rings (SSSR count). The lowest BCUT2D eigenvalue weighted by molar-refractivity contribution is 0.0724. The average molecular weight is 566 g/mol. The molecule has 1 aromatic carbocycles. The van der Waals surface area contributed by atoms with Gasteiger partial charge in [-0.25, -0.2) is 4.99 Å². The second-order valence-electron chi connectivity index (χ2n) is 8.48. The Kier molecular flexibility index (Phi) is 9.98. The second-order valence-corrected chi connectivity index (χ2v) is 8.48. The number of carbonyl (C=O) groups excluding carboxylic acids is 1. The van der Waals surface area contributed by atoms with Gasteiger partial charge in [0.2, 0.25) is 0 Å². The summed E-state index contributed by atoms with van der Waals surface area (Å²) >= 11 is 0. The number of amides is 1. The molecule has 2 aliphatic heterocycles. The summed E-state index contributed by atoms with van der Waals surface area (Å²) in [5.74, 6) is 1.08. The molecule has 180 valence electrons. The van der Waals surface area contributed by atoms with Crippen LogP contribution in [0.5, 0.6) is 0 Å². The fourth-order valence-corrected chi connectivity index (χ4v) is 4.34. The zero-order chi connectivity index (χ0) is 22.2. The van der Waals surface area contributed by atoms with Crippen LogP contribution in [0.4, 0.5) is 0 Å². The molecule has 1 amide bonds. The lowest BCUT2D eigenvalue weighted by Gasteiger charge is -2.36. The van der Waals surface area contributed by atoms with Gasteiger partial charge in [-0.2, -0.15) is 0 Å². The van der Waals surface area contributed by atoms with E-state index in [1.54, 1.807) is 6.26 Å². The highest BCUT2D eigenvalue weighted by atomic mass is 127. The maximum Gasteiger partial charge on any atom is 0.253 e. The minimum atomic E-state index is 0. The predicted molar refractivity (Wildman–Crippen MR) is 140 cm³/mol. The molecule has 2 aliphatic rings. The Hall–Kier alpha value is -2.14. The summed E-state index contributed by atoms with van der Waals surface area (Å²) in [6, 6.07) is 9.86. The molecular weight excluding hydrogens is 531 g/mol. The number of benzene rings is 1. The van der Waals surface area contributed by atoms with Crippen molar-refractivity contribution in [2.75, 3.05) is 45.8 Å². The number of aliphatic imine (C=N–C) groups is 1. The van der Waals surface area contributed by atoms with Crippen molar-refractivity contribution in [3.63, 3.8) is 0 Å². The number of piperazine rings is 1.